The molecule has 1 aromatic carbocycles. The third-order valence-electron chi connectivity index (χ3n) is 4.16. The summed E-state index contributed by atoms with van der Waals surface area (Å²) in [6.07, 6.45) is 2.30. The van der Waals surface area contributed by atoms with Gasteiger partial charge in [0.1, 0.15) is 5.76 Å². The Morgan fingerprint density at radius 2 is 2.04 bits per heavy atom. The van der Waals surface area contributed by atoms with Crippen molar-refractivity contribution in [2.45, 2.75) is 31.2 Å². The first-order valence-electron chi connectivity index (χ1n) is 7.90. The molecule has 0 radical (unpaired) electrons. The summed E-state index contributed by atoms with van der Waals surface area (Å²) in [5.74, 6) is -0.123. The Labute approximate surface area is 145 Å². The van der Waals surface area contributed by atoms with Crippen LogP contribution in [0.2, 0.25) is 0 Å². The molecule has 2 aliphatic heterocycles. The number of sulfonamides is 1. The van der Waals surface area contributed by atoms with Gasteiger partial charge in [-0.3, -0.25) is 14.9 Å². The van der Waals surface area contributed by atoms with Crippen molar-refractivity contribution in [3.8, 4) is 0 Å². The van der Waals surface area contributed by atoms with Gasteiger partial charge in [-0.25, -0.2) is 8.42 Å². The van der Waals surface area contributed by atoms with E-state index in [0.29, 0.717) is 18.1 Å². The summed E-state index contributed by atoms with van der Waals surface area (Å²) >= 11 is 0. The molecule has 0 spiro atoms. The van der Waals surface area contributed by atoms with Gasteiger partial charge in [-0.1, -0.05) is 26.0 Å². The minimum atomic E-state index is -4.03. The summed E-state index contributed by atoms with van der Waals surface area (Å²) in [5, 5.41) is 11.1. The van der Waals surface area contributed by atoms with Gasteiger partial charge < -0.3 is 4.74 Å². The zero-order valence-electron chi connectivity index (χ0n) is 13.8. The van der Waals surface area contributed by atoms with E-state index in [2.05, 4.69) is 0 Å². The molecular formula is C16H18N2O6S. The second-order valence-corrected chi connectivity index (χ2v) is 8.40. The van der Waals surface area contributed by atoms with Crippen molar-refractivity contribution in [1.82, 2.24) is 4.31 Å². The number of carbonyl (C=O) groups excluding carboxylic acids is 1. The second kappa shape index (κ2) is 6.23. The molecule has 0 amide bonds. The lowest BCUT2D eigenvalue weighted by molar-refractivity contribution is -0.387. The molecule has 2 aliphatic rings. The predicted molar refractivity (Wildman–Crippen MR) is 87.9 cm³/mol. The third-order valence-corrected chi connectivity index (χ3v) is 6.08. The van der Waals surface area contributed by atoms with Crippen molar-refractivity contribution in [2.75, 3.05) is 6.54 Å². The lowest BCUT2D eigenvalue weighted by Gasteiger charge is -2.07. The van der Waals surface area contributed by atoms with Gasteiger partial charge in [0.2, 0.25) is 0 Å². The van der Waals surface area contributed by atoms with Crippen LogP contribution < -0.4 is 0 Å². The zero-order valence-corrected chi connectivity index (χ0v) is 14.6. The zero-order chi connectivity index (χ0) is 18.4. The van der Waals surface area contributed by atoms with Gasteiger partial charge >= 0.3 is 5.97 Å². The topological polar surface area (TPSA) is 107 Å². The van der Waals surface area contributed by atoms with Crippen molar-refractivity contribution in [3.05, 3.63) is 46.2 Å². The molecule has 1 aromatic rings. The van der Waals surface area contributed by atoms with Crippen LogP contribution in [0.15, 0.2) is 41.0 Å². The first-order chi connectivity index (χ1) is 11.7. The molecule has 3 atom stereocenters. The number of cyclic esters (lactones) is 1. The number of ether oxygens (including phenoxy) is 1. The molecule has 0 saturated carbocycles. The molecule has 8 nitrogen and oxygen atoms in total. The van der Waals surface area contributed by atoms with E-state index in [1.165, 1.54) is 18.2 Å². The molecule has 1 fully saturated rings. The van der Waals surface area contributed by atoms with Crippen LogP contribution in [0, 0.1) is 22.0 Å². The van der Waals surface area contributed by atoms with Gasteiger partial charge in [-0.2, -0.15) is 4.31 Å². The number of rotatable bonds is 6. The molecule has 0 bridgehead atoms. The summed E-state index contributed by atoms with van der Waals surface area (Å²) in [6.45, 7) is 4.12. The van der Waals surface area contributed by atoms with Crippen LogP contribution >= 0.6 is 0 Å². The summed E-state index contributed by atoms with van der Waals surface area (Å²) in [4.78, 5) is 21.9. The fourth-order valence-corrected chi connectivity index (χ4v) is 4.60. The molecule has 0 aliphatic carbocycles. The highest BCUT2D eigenvalue weighted by molar-refractivity contribution is 7.89. The van der Waals surface area contributed by atoms with E-state index in [4.69, 9.17) is 4.74 Å². The van der Waals surface area contributed by atoms with Gasteiger partial charge in [0, 0.05) is 12.6 Å². The highest BCUT2D eigenvalue weighted by atomic mass is 32.2. The lowest BCUT2D eigenvalue weighted by atomic mass is 9.98. The van der Waals surface area contributed by atoms with Gasteiger partial charge in [-0.15, -0.1) is 0 Å². The molecule has 3 rings (SSSR count). The average molecular weight is 366 g/mol. The first-order valence-corrected chi connectivity index (χ1v) is 9.34. The third kappa shape index (κ3) is 3.29. The van der Waals surface area contributed by atoms with E-state index in [0.717, 1.165) is 10.4 Å². The quantitative estimate of drug-likeness (QED) is 0.330. The number of benzene rings is 1. The fourth-order valence-electron chi connectivity index (χ4n) is 2.92. The Balaban J connectivity index is 1.82. The Kier molecular flexibility index (Phi) is 4.38. The molecule has 134 valence electrons. The normalized spacial score (nSPS) is 25.6. The Hall–Kier alpha value is -2.26. The number of esters is 1. The molecule has 0 N–H and O–H groups in total. The van der Waals surface area contributed by atoms with Crippen molar-refractivity contribution < 1.29 is 22.9 Å². The van der Waals surface area contributed by atoms with Crippen molar-refractivity contribution in [2.24, 2.45) is 11.8 Å². The highest BCUT2D eigenvalue weighted by Crippen LogP contribution is 2.39. The number of hydrogen-bond donors (Lipinski definition) is 0. The van der Waals surface area contributed by atoms with Gasteiger partial charge in [-0.05, 0) is 24.5 Å². The Morgan fingerprint density at radius 3 is 2.68 bits per heavy atom. The maximum absolute atomic E-state index is 12.7. The molecule has 2 unspecified atom stereocenters. The molecular weight excluding hydrogens is 348 g/mol. The van der Waals surface area contributed by atoms with E-state index in [-0.39, 0.29) is 23.3 Å². The van der Waals surface area contributed by atoms with E-state index >= 15 is 0 Å². The largest absolute Gasteiger partial charge is 0.429 e. The van der Waals surface area contributed by atoms with Crippen LogP contribution in [-0.4, -0.2) is 36.2 Å². The molecule has 0 aromatic heterocycles. The molecule has 9 heteroatoms. The highest BCUT2D eigenvalue weighted by Gasteiger charge is 2.51. The van der Waals surface area contributed by atoms with Crippen LogP contribution in [-0.2, 0) is 19.6 Å². The number of carbonyl (C=O) groups is 1. The van der Waals surface area contributed by atoms with Gasteiger partial charge in [0.15, 0.2) is 4.90 Å². The van der Waals surface area contributed by atoms with E-state index in [1.54, 1.807) is 6.08 Å². The number of nitrogens with zero attached hydrogens (tertiary/aromatic N) is 2. The lowest BCUT2D eigenvalue weighted by Crippen LogP contribution is -2.17. The predicted octanol–water partition coefficient (Wildman–Crippen LogP) is 2.07. The SMILES string of the molecule is CC(C)C[C@@H]1C=C(C2CN2S(=O)(=O)c2ccccc2[N+](=O)[O-])OC1=O. The van der Waals surface area contributed by atoms with Crippen LogP contribution in [0.4, 0.5) is 5.69 Å². The van der Waals surface area contributed by atoms with Gasteiger partial charge in [0.25, 0.3) is 15.7 Å². The monoisotopic (exact) mass is 366 g/mol. The Morgan fingerprint density at radius 1 is 1.36 bits per heavy atom. The number of nitro benzene ring substituents is 1. The number of hydrogen-bond acceptors (Lipinski definition) is 6. The number of para-hydroxylation sites is 1. The summed E-state index contributed by atoms with van der Waals surface area (Å²) in [6, 6.07) is 4.63. The van der Waals surface area contributed by atoms with Crippen molar-refractivity contribution in [1.29, 1.82) is 0 Å². The summed E-state index contributed by atoms with van der Waals surface area (Å²) in [7, 11) is -4.03. The standard InChI is InChI=1S/C16H18N2O6S/c1-10(2)7-11-8-14(24-16(11)19)13-9-17(13)25(22,23)15-6-4-3-5-12(15)18(20)21/h3-6,8,10-11,13H,7,9H2,1-2H3/t11-,13?,17?/m1/s1. The van der Waals surface area contributed by atoms with Crippen LogP contribution in [0.5, 0.6) is 0 Å². The van der Waals surface area contributed by atoms with Crippen molar-refractivity contribution in [3.63, 3.8) is 0 Å². The summed E-state index contributed by atoms with van der Waals surface area (Å²) in [5.41, 5.74) is -0.469. The second-order valence-electron chi connectivity index (χ2n) is 6.54. The van der Waals surface area contributed by atoms with Crippen LogP contribution in [0.1, 0.15) is 20.3 Å². The molecule has 1 saturated heterocycles. The number of nitro groups is 1. The maximum atomic E-state index is 12.7. The first kappa shape index (κ1) is 17.6. The summed E-state index contributed by atoms with van der Waals surface area (Å²) < 4.78 is 31.7. The van der Waals surface area contributed by atoms with Crippen LogP contribution in [0.25, 0.3) is 0 Å². The molecule has 25 heavy (non-hydrogen) atoms. The average Bonchev–Trinajstić information content (AvgIpc) is 3.27. The minimum Gasteiger partial charge on any atom is -0.429 e. The van der Waals surface area contributed by atoms with Crippen LogP contribution in [0.3, 0.4) is 0 Å². The van der Waals surface area contributed by atoms with Crippen molar-refractivity contribution >= 4 is 21.7 Å². The van der Waals surface area contributed by atoms with E-state index in [9.17, 15) is 23.3 Å². The maximum Gasteiger partial charge on any atom is 0.318 e. The fraction of sp³-hybridized carbons (Fsp3) is 0.438. The van der Waals surface area contributed by atoms with Gasteiger partial charge in [0.05, 0.1) is 16.9 Å². The smallest absolute Gasteiger partial charge is 0.318 e. The van der Waals surface area contributed by atoms with E-state index in [1.807, 2.05) is 13.8 Å². The molecule has 2 heterocycles. The Bertz CT molecular complexity index is 861. The van der Waals surface area contributed by atoms with E-state index < -0.39 is 26.7 Å². The minimum absolute atomic E-state index is 0.141.